The van der Waals surface area contributed by atoms with Crippen molar-refractivity contribution in [2.24, 2.45) is 11.8 Å². The van der Waals surface area contributed by atoms with Gasteiger partial charge >= 0.3 is 0 Å². The van der Waals surface area contributed by atoms with Crippen LogP contribution < -0.4 is 5.32 Å². The van der Waals surface area contributed by atoms with Crippen molar-refractivity contribution in [2.45, 2.75) is 32.7 Å². The molecule has 3 heterocycles. The smallest absolute Gasteiger partial charge is 0.261 e. The number of nitrogens with zero attached hydrogens (tertiary/aromatic N) is 2. The van der Waals surface area contributed by atoms with Crippen molar-refractivity contribution >= 4 is 17.2 Å². The third kappa shape index (κ3) is 4.89. The molecule has 0 aliphatic carbocycles. The fourth-order valence-corrected chi connectivity index (χ4v) is 4.29. The minimum absolute atomic E-state index is 0.00614. The number of nitrogens with one attached hydrogen (secondary N) is 1. The highest BCUT2D eigenvalue weighted by molar-refractivity contribution is 7.12. The SMILES string of the molecule is CC(C)CN1CCC[C@@H]([C@H](NC(=O)c2cccs2)c2ccccn2)C1. The Bertz CT molecular complexity index is 657. The number of aromatic nitrogens is 1. The Hall–Kier alpha value is -1.72. The third-order valence-electron chi connectivity index (χ3n) is 4.67. The normalized spacial score (nSPS) is 19.7. The van der Waals surface area contributed by atoms with Crippen LogP contribution in [0.3, 0.4) is 0 Å². The molecule has 25 heavy (non-hydrogen) atoms. The molecule has 3 rings (SSSR count). The summed E-state index contributed by atoms with van der Waals surface area (Å²) in [6, 6.07) is 9.71. The Morgan fingerprint density at radius 1 is 1.36 bits per heavy atom. The Kier molecular flexibility index (Phi) is 6.21. The molecule has 1 N–H and O–H groups in total. The topological polar surface area (TPSA) is 45.2 Å². The Morgan fingerprint density at radius 3 is 2.92 bits per heavy atom. The van der Waals surface area contributed by atoms with E-state index in [0.29, 0.717) is 11.8 Å². The molecular formula is C20H27N3OS. The predicted octanol–water partition coefficient (Wildman–Crippen LogP) is 3.98. The van der Waals surface area contributed by atoms with Crippen molar-refractivity contribution < 1.29 is 4.79 Å². The van der Waals surface area contributed by atoms with Gasteiger partial charge in [-0.15, -0.1) is 11.3 Å². The van der Waals surface area contributed by atoms with Gasteiger partial charge in [0, 0.05) is 19.3 Å². The average molecular weight is 358 g/mol. The zero-order chi connectivity index (χ0) is 17.6. The lowest BCUT2D eigenvalue weighted by Crippen LogP contribution is -2.44. The first-order valence-corrected chi connectivity index (χ1v) is 9.99. The van der Waals surface area contributed by atoms with Crippen molar-refractivity contribution in [3.8, 4) is 0 Å². The number of hydrogen-bond acceptors (Lipinski definition) is 4. The average Bonchev–Trinajstić information content (AvgIpc) is 3.15. The van der Waals surface area contributed by atoms with Gasteiger partial charge in [-0.05, 0) is 54.8 Å². The van der Waals surface area contributed by atoms with E-state index in [2.05, 4.69) is 29.0 Å². The van der Waals surface area contributed by atoms with Gasteiger partial charge < -0.3 is 10.2 Å². The van der Waals surface area contributed by atoms with Crippen LogP contribution in [0.2, 0.25) is 0 Å². The van der Waals surface area contributed by atoms with Crippen LogP contribution in [0.25, 0.3) is 0 Å². The largest absolute Gasteiger partial charge is 0.343 e. The van der Waals surface area contributed by atoms with E-state index >= 15 is 0 Å². The summed E-state index contributed by atoms with van der Waals surface area (Å²) in [4.78, 5) is 20.5. The molecule has 1 amide bonds. The maximum absolute atomic E-state index is 12.6. The summed E-state index contributed by atoms with van der Waals surface area (Å²) in [6.07, 6.45) is 4.12. The molecule has 2 atom stereocenters. The van der Waals surface area contributed by atoms with Crippen LogP contribution in [0, 0.1) is 11.8 Å². The molecule has 1 aliphatic heterocycles. The Morgan fingerprint density at radius 2 is 2.24 bits per heavy atom. The molecule has 0 radical (unpaired) electrons. The highest BCUT2D eigenvalue weighted by atomic mass is 32.1. The summed E-state index contributed by atoms with van der Waals surface area (Å²) >= 11 is 1.48. The van der Waals surface area contributed by atoms with Gasteiger partial charge in [-0.3, -0.25) is 9.78 Å². The molecule has 0 spiro atoms. The van der Waals surface area contributed by atoms with Crippen LogP contribution in [0.1, 0.15) is 48.1 Å². The first-order chi connectivity index (χ1) is 12.1. The number of thiophene rings is 1. The van der Waals surface area contributed by atoms with Crippen molar-refractivity contribution in [3.05, 3.63) is 52.5 Å². The van der Waals surface area contributed by atoms with Crippen LogP contribution in [0.15, 0.2) is 41.9 Å². The number of carbonyl (C=O) groups is 1. The van der Waals surface area contributed by atoms with Crippen LogP contribution in [0.5, 0.6) is 0 Å². The monoisotopic (exact) mass is 357 g/mol. The van der Waals surface area contributed by atoms with Gasteiger partial charge in [0.25, 0.3) is 5.91 Å². The molecule has 0 aromatic carbocycles. The minimum Gasteiger partial charge on any atom is -0.343 e. The molecule has 134 valence electrons. The fourth-order valence-electron chi connectivity index (χ4n) is 3.66. The van der Waals surface area contributed by atoms with E-state index in [9.17, 15) is 4.79 Å². The maximum atomic E-state index is 12.6. The predicted molar refractivity (Wildman–Crippen MR) is 103 cm³/mol. The van der Waals surface area contributed by atoms with Gasteiger partial charge in [0.2, 0.25) is 0 Å². The van der Waals surface area contributed by atoms with E-state index in [-0.39, 0.29) is 11.9 Å². The zero-order valence-electron chi connectivity index (χ0n) is 15.0. The second kappa shape index (κ2) is 8.59. The molecule has 0 bridgehead atoms. The minimum atomic E-state index is -0.0363. The quantitative estimate of drug-likeness (QED) is 0.850. The maximum Gasteiger partial charge on any atom is 0.261 e. The van der Waals surface area contributed by atoms with Crippen molar-refractivity contribution in [3.63, 3.8) is 0 Å². The molecule has 2 aromatic rings. The molecule has 0 saturated carbocycles. The lowest BCUT2D eigenvalue weighted by Gasteiger charge is -2.37. The fraction of sp³-hybridized carbons (Fsp3) is 0.500. The number of carbonyl (C=O) groups excluding carboxylic acids is 1. The summed E-state index contributed by atoms with van der Waals surface area (Å²) in [5, 5.41) is 5.20. The van der Waals surface area contributed by atoms with Gasteiger partial charge in [0.1, 0.15) is 0 Å². The first kappa shape index (κ1) is 18.1. The van der Waals surface area contributed by atoms with Gasteiger partial charge in [-0.1, -0.05) is 26.0 Å². The molecule has 4 nitrogen and oxygen atoms in total. The van der Waals surface area contributed by atoms with E-state index in [1.54, 1.807) is 0 Å². The van der Waals surface area contributed by atoms with Gasteiger partial charge in [0.15, 0.2) is 0 Å². The lowest BCUT2D eigenvalue weighted by molar-refractivity contribution is 0.0875. The number of rotatable bonds is 6. The van der Waals surface area contributed by atoms with E-state index in [1.807, 2.05) is 41.9 Å². The Balaban J connectivity index is 1.77. The van der Waals surface area contributed by atoms with Crippen LogP contribution in [0.4, 0.5) is 0 Å². The highest BCUT2D eigenvalue weighted by Crippen LogP contribution is 2.30. The molecule has 1 aliphatic rings. The van der Waals surface area contributed by atoms with Crippen molar-refractivity contribution in [2.75, 3.05) is 19.6 Å². The van der Waals surface area contributed by atoms with E-state index in [4.69, 9.17) is 0 Å². The number of pyridine rings is 1. The molecule has 1 fully saturated rings. The van der Waals surface area contributed by atoms with E-state index in [0.717, 1.165) is 36.6 Å². The highest BCUT2D eigenvalue weighted by Gasteiger charge is 2.30. The van der Waals surface area contributed by atoms with Gasteiger partial charge in [-0.25, -0.2) is 0 Å². The van der Waals surface area contributed by atoms with Gasteiger partial charge in [-0.2, -0.15) is 0 Å². The molecule has 5 heteroatoms. The lowest BCUT2D eigenvalue weighted by atomic mass is 9.88. The second-order valence-electron chi connectivity index (χ2n) is 7.24. The molecule has 2 aromatic heterocycles. The third-order valence-corrected chi connectivity index (χ3v) is 5.54. The molecule has 0 unspecified atom stereocenters. The van der Waals surface area contributed by atoms with Crippen LogP contribution in [-0.4, -0.2) is 35.4 Å². The number of likely N-dealkylation sites (tertiary alicyclic amines) is 1. The van der Waals surface area contributed by atoms with Crippen LogP contribution in [-0.2, 0) is 0 Å². The second-order valence-corrected chi connectivity index (χ2v) is 8.19. The molecular weight excluding hydrogens is 330 g/mol. The number of amides is 1. The number of piperidine rings is 1. The van der Waals surface area contributed by atoms with E-state index in [1.165, 1.54) is 17.8 Å². The zero-order valence-corrected chi connectivity index (χ0v) is 15.8. The van der Waals surface area contributed by atoms with Gasteiger partial charge in [0.05, 0.1) is 16.6 Å². The number of hydrogen-bond donors (Lipinski definition) is 1. The standard InChI is InChI=1S/C20H27N3OS/c1-15(2)13-23-11-5-7-16(14-23)19(17-8-3-4-10-21-17)22-20(24)18-9-6-12-25-18/h3-4,6,8-10,12,15-16,19H,5,7,11,13-14H2,1-2H3,(H,22,24)/t16-,19+/m1/s1. The Labute approximate surface area is 154 Å². The van der Waals surface area contributed by atoms with E-state index < -0.39 is 0 Å². The van der Waals surface area contributed by atoms with Crippen molar-refractivity contribution in [1.82, 2.24) is 15.2 Å². The summed E-state index contributed by atoms with van der Waals surface area (Å²) in [5.74, 6) is 1.06. The molecule has 1 saturated heterocycles. The summed E-state index contributed by atoms with van der Waals surface area (Å²) in [5.41, 5.74) is 0.962. The first-order valence-electron chi connectivity index (χ1n) is 9.11. The summed E-state index contributed by atoms with van der Waals surface area (Å²) in [6.45, 7) is 7.81. The summed E-state index contributed by atoms with van der Waals surface area (Å²) < 4.78 is 0. The summed E-state index contributed by atoms with van der Waals surface area (Å²) in [7, 11) is 0. The van der Waals surface area contributed by atoms with Crippen molar-refractivity contribution in [1.29, 1.82) is 0 Å². The van der Waals surface area contributed by atoms with Crippen LogP contribution >= 0.6 is 11.3 Å².